The van der Waals surface area contributed by atoms with Crippen LogP contribution in [0.2, 0.25) is 0 Å². The first-order chi connectivity index (χ1) is 8.86. The molecule has 3 nitrogen and oxygen atoms in total. The molecule has 0 heterocycles. The highest BCUT2D eigenvalue weighted by Gasteiger charge is 2.30. The summed E-state index contributed by atoms with van der Waals surface area (Å²) in [5.41, 5.74) is -0.416. The Balaban J connectivity index is 2.70. The molecule has 7 heteroatoms. The van der Waals surface area contributed by atoms with Crippen molar-refractivity contribution in [2.24, 2.45) is 0 Å². The standard InChI is InChI=1S/C12H14F3O3P/c1-17-19(18-2)8-11(16)7-9-4-3-5-10(6-9)12(13,14)15/h3-6H,7-8H2,1-2H3. The molecule has 1 aromatic carbocycles. The van der Waals surface area contributed by atoms with Gasteiger partial charge in [0.15, 0.2) is 8.38 Å². The Morgan fingerprint density at radius 3 is 2.42 bits per heavy atom. The van der Waals surface area contributed by atoms with Gasteiger partial charge in [-0.05, 0) is 11.6 Å². The van der Waals surface area contributed by atoms with Crippen molar-refractivity contribution in [2.45, 2.75) is 12.6 Å². The average molecular weight is 294 g/mol. The van der Waals surface area contributed by atoms with Crippen molar-refractivity contribution in [3.8, 4) is 0 Å². The van der Waals surface area contributed by atoms with Crippen LogP contribution >= 0.6 is 8.38 Å². The van der Waals surface area contributed by atoms with Gasteiger partial charge in [0, 0.05) is 20.6 Å². The van der Waals surface area contributed by atoms with Crippen LogP contribution in [-0.4, -0.2) is 26.2 Å². The third-order valence-electron chi connectivity index (χ3n) is 2.37. The monoisotopic (exact) mass is 294 g/mol. The fraction of sp³-hybridized carbons (Fsp3) is 0.417. The normalized spacial score (nSPS) is 11.9. The van der Waals surface area contributed by atoms with E-state index < -0.39 is 20.1 Å². The molecule has 0 spiro atoms. The lowest BCUT2D eigenvalue weighted by atomic mass is 10.1. The van der Waals surface area contributed by atoms with Crippen molar-refractivity contribution in [3.63, 3.8) is 0 Å². The minimum Gasteiger partial charge on any atom is -0.337 e. The maximum atomic E-state index is 12.5. The first-order valence-electron chi connectivity index (χ1n) is 5.40. The Kier molecular flexibility index (Phi) is 5.91. The summed E-state index contributed by atoms with van der Waals surface area (Å²) in [4.78, 5) is 11.7. The maximum absolute atomic E-state index is 12.5. The second kappa shape index (κ2) is 6.98. The minimum atomic E-state index is -4.40. The van der Waals surface area contributed by atoms with E-state index in [0.717, 1.165) is 12.1 Å². The molecule has 0 bridgehead atoms. The van der Waals surface area contributed by atoms with Gasteiger partial charge in [-0.25, -0.2) is 0 Å². The highest BCUT2D eigenvalue weighted by Crippen LogP contribution is 2.36. The number of rotatable bonds is 6. The van der Waals surface area contributed by atoms with Gasteiger partial charge in [-0.1, -0.05) is 18.2 Å². The van der Waals surface area contributed by atoms with Gasteiger partial charge in [0.25, 0.3) is 0 Å². The quantitative estimate of drug-likeness (QED) is 0.754. The van der Waals surface area contributed by atoms with Crippen LogP contribution in [0.3, 0.4) is 0 Å². The van der Waals surface area contributed by atoms with Crippen molar-refractivity contribution in [3.05, 3.63) is 35.4 Å². The largest absolute Gasteiger partial charge is 0.416 e. The molecule has 0 amide bonds. The number of ketones is 1. The molecule has 19 heavy (non-hydrogen) atoms. The number of hydrogen-bond acceptors (Lipinski definition) is 3. The molecule has 0 fully saturated rings. The highest BCUT2D eigenvalue weighted by atomic mass is 31.2. The van der Waals surface area contributed by atoms with Crippen molar-refractivity contribution in [2.75, 3.05) is 20.4 Å². The predicted octanol–water partition coefficient (Wildman–Crippen LogP) is 3.42. The molecular formula is C12H14F3O3P. The molecule has 0 aliphatic carbocycles. The number of alkyl halides is 3. The number of Topliss-reactive ketones (excluding diaryl/α,β-unsaturated/α-hetero) is 1. The van der Waals surface area contributed by atoms with Crippen LogP contribution in [0.15, 0.2) is 24.3 Å². The fourth-order valence-electron chi connectivity index (χ4n) is 1.49. The first kappa shape index (κ1) is 16.1. The second-order valence-electron chi connectivity index (χ2n) is 3.77. The zero-order valence-corrected chi connectivity index (χ0v) is 11.4. The Labute approximate surface area is 110 Å². The summed E-state index contributed by atoms with van der Waals surface area (Å²) in [6.45, 7) is 0. The summed E-state index contributed by atoms with van der Waals surface area (Å²) in [6.07, 6.45) is -4.39. The molecule has 0 saturated heterocycles. The summed E-state index contributed by atoms with van der Waals surface area (Å²) in [7, 11) is 1.55. The number of carbonyl (C=O) groups is 1. The number of halogens is 3. The second-order valence-corrected chi connectivity index (χ2v) is 5.48. The Bertz CT molecular complexity index is 430. The van der Waals surface area contributed by atoms with Crippen LogP contribution in [0.5, 0.6) is 0 Å². The van der Waals surface area contributed by atoms with E-state index in [2.05, 4.69) is 0 Å². The molecule has 0 aliphatic rings. The van der Waals surface area contributed by atoms with Crippen LogP contribution in [0.25, 0.3) is 0 Å². The molecule has 0 atom stereocenters. The molecule has 0 unspecified atom stereocenters. The van der Waals surface area contributed by atoms with Crippen molar-refractivity contribution in [1.29, 1.82) is 0 Å². The summed E-state index contributed by atoms with van der Waals surface area (Å²) < 4.78 is 47.4. The number of benzene rings is 1. The first-order valence-corrected chi connectivity index (χ1v) is 6.76. The Hall–Kier alpha value is -0.970. The summed E-state index contributed by atoms with van der Waals surface area (Å²) >= 11 is 0. The van der Waals surface area contributed by atoms with E-state index in [1.165, 1.54) is 26.4 Å². The van der Waals surface area contributed by atoms with E-state index in [4.69, 9.17) is 9.05 Å². The van der Waals surface area contributed by atoms with E-state index in [0.29, 0.717) is 5.56 Å². The van der Waals surface area contributed by atoms with Crippen LogP contribution in [0, 0.1) is 0 Å². The topological polar surface area (TPSA) is 35.5 Å². The third kappa shape index (κ3) is 5.27. The van der Waals surface area contributed by atoms with E-state index in [9.17, 15) is 18.0 Å². The van der Waals surface area contributed by atoms with Gasteiger partial charge >= 0.3 is 6.18 Å². The van der Waals surface area contributed by atoms with E-state index >= 15 is 0 Å². The minimum absolute atomic E-state index is 0.0600. The van der Waals surface area contributed by atoms with Gasteiger partial charge in [0.05, 0.1) is 11.7 Å². The average Bonchev–Trinajstić information content (AvgIpc) is 2.35. The third-order valence-corrected chi connectivity index (χ3v) is 3.79. The highest BCUT2D eigenvalue weighted by molar-refractivity contribution is 7.48. The summed E-state index contributed by atoms with van der Waals surface area (Å²) in [5, 5.41) is 0. The molecule has 0 aromatic heterocycles. The molecule has 106 valence electrons. The van der Waals surface area contributed by atoms with Crippen LogP contribution in [0.4, 0.5) is 13.2 Å². The van der Waals surface area contributed by atoms with Gasteiger partial charge in [-0.15, -0.1) is 0 Å². The van der Waals surface area contributed by atoms with Gasteiger partial charge in [0.1, 0.15) is 5.78 Å². The van der Waals surface area contributed by atoms with Crippen molar-refractivity contribution >= 4 is 14.2 Å². The fourth-order valence-corrected chi connectivity index (χ4v) is 2.30. The van der Waals surface area contributed by atoms with Crippen molar-refractivity contribution < 1.29 is 27.0 Å². The predicted molar refractivity (Wildman–Crippen MR) is 66.0 cm³/mol. The molecule has 0 aliphatic heterocycles. The van der Waals surface area contributed by atoms with Crippen LogP contribution in [-0.2, 0) is 26.4 Å². The molecule has 0 N–H and O–H groups in total. The molecular weight excluding hydrogens is 280 g/mol. The summed E-state index contributed by atoms with van der Waals surface area (Å²) in [5.74, 6) is -0.214. The lowest BCUT2D eigenvalue weighted by Gasteiger charge is -2.11. The SMILES string of the molecule is COP(CC(=O)Cc1cccc(C(F)(F)F)c1)OC. The number of hydrogen-bond donors (Lipinski definition) is 0. The van der Waals surface area contributed by atoms with E-state index in [-0.39, 0.29) is 18.4 Å². The Morgan fingerprint density at radius 2 is 1.89 bits per heavy atom. The van der Waals surface area contributed by atoms with Gasteiger partial charge in [-0.2, -0.15) is 13.2 Å². The molecule has 0 saturated carbocycles. The Morgan fingerprint density at radius 1 is 1.26 bits per heavy atom. The van der Waals surface area contributed by atoms with Gasteiger partial charge in [0.2, 0.25) is 0 Å². The lowest BCUT2D eigenvalue weighted by Crippen LogP contribution is -2.10. The number of carbonyl (C=O) groups excluding carboxylic acids is 1. The van der Waals surface area contributed by atoms with E-state index in [1.807, 2.05) is 0 Å². The smallest absolute Gasteiger partial charge is 0.337 e. The maximum Gasteiger partial charge on any atom is 0.416 e. The van der Waals surface area contributed by atoms with Gasteiger partial charge < -0.3 is 9.05 Å². The molecule has 0 radical (unpaired) electrons. The lowest BCUT2D eigenvalue weighted by molar-refractivity contribution is -0.137. The van der Waals surface area contributed by atoms with Crippen LogP contribution in [0.1, 0.15) is 11.1 Å². The zero-order chi connectivity index (χ0) is 14.5. The van der Waals surface area contributed by atoms with Crippen LogP contribution < -0.4 is 0 Å². The molecule has 1 aromatic rings. The van der Waals surface area contributed by atoms with E-state index in [1.54, 1.807) is 0 Å². The zero-order valence-electron chi connectivity index (χ0n) is 10.5. The summed E-state index contributed by atoms with van der Waals surface area (Å²) in [6, 6.07) is 4.75. The van der Waals surface area contributed by atoms with Gasteiger partial charge in [-0.3, -0.25) is 4.79 Å². The molecule has 1 rings (SSSR count). The van der Waals surface area contributed by atoms with Crippen molar-refractivity contribution in [1.82, 2.24) is 0 Å².